The highest BCUT2D eigenvalue weighted by molar-refractivity contribution is 5.32. The molecule has 0 spiro atoms. The van der Waals surface area contributed by atoms with E-state index in [9.17, 15) is 0 Å². The fraction of sp³-hybridized carbons (Fsp3) is 0.733. The van der Waals surface area contributed by atoms with Gasteiger partial charge in [0.25, 0.3) is 0 Å². The summed E-state index contributed by atoms with van der Waals surface area (Å²) < 4.78 is 6.10. The number of hydrogen-bond donors (Lipinski definition) is 1. The Morgan fingerprint density at radius 2 is 2.11 bits per heavy atom. The van der Waals surface area contributed by atoms with Crippen molar-refractivity contribution in [3.63, 3.8) is 0 Å². The Hall–Kier alpha value is -1.32. The summed E-state index contributed by atoms with van der Waals surface area (Å²) in [5.41, 5.74) is 1.01. The van der Waals surface area contributed by atoms with Gasteiger partial charge >= 0.3 is 0 Å². The number of rotatable bonds is 4. The van der Waals surface area contributed by atoms with E-state index in [-0.39, 0.29) is 0 Å². The molecule has 3 atom stereocenters. The van der Waals surface area contributed by atoms with Gasteiger partial charge in [-0.05, 0) is 44.9 Å². The van der Waals surface area contributed by atoms with E-state index in [1.54, 1.807) is 0 Å². The highest BCUT2D eigenvalue weighted by Crippen LogP contribution is 2.32. The van der Waals surface area contributed by atoms with Crippen LogP contribution in [0, 0.1) is 18.8 Å². The minimum atomic E-state index is 0.300. The van der Waals surface area contributed by atoms with Crippen molar-refractivity contribution in [3.8, 4) is 5.88 Å². The van der Waals surface area contributed by atoms with Crippen LogP contribution in [-0.4, -0.2) is 22.6 Å². The predicted molar refractivity (Wildman–Crippen MR) is 77.5 cm³/mol. The van der Waals surface area contributed by atoms with Crippen LogP contribution in [0.5, 0.6) is 5.88 Å². The Labute approximate surface area is 116 Å². The average Bonchev–Trinajstić information content (AvgIpc) is 2.38. The molecule has 2 rings (SSSR count). The molecule has 1 fully saturated rings. The Kier molecular flexibility index (Phi) is 4.61. The van der Waals surface area contributed by atoms with Crippen LogP contribution in [0.25, 0.3) is 0 Å². The molecule has 0 radical (unpaired) electrons. The van der Waals surface area contributed by atoms with Gasteiger partial charge in [0.15, 0.2) is 0 Å². The molecular weight excluding hydrogens is 238 g/mol. The van der Waals surface area contributed by atoms with E-state index < -0.39 is 0 Å². The molecular formula is C15H25N3O. The SMILES string of the molecule is CCNc1ncc(C)c(OC2CCC(C)C(C)C2)n1. The lowest BCUT2D eigenvalue weighted by molar-refractivity contribution is 0.0957. The van der Waals surface area contributed by atoms with Crippen molar-refractivity contribution in [2.75, 3.05) is 11.9 Å². The standard InChI is InChI=1S/C15H25N3O/c1-5-16-15-17-9-12(4)14(18-15)19-13-7-6-10(2)11(3)8-13/h9-11,13H,5-8H2,1-4H3,(H,16,17,18). The molecule has 1 aliphatic rings. The lowest BCUT2D eigenvalue weighted by atomic mass is 9.80. The van der Waals surface area contributed by atoms with Gasteiger partial charge in [0.1, 0.15) is 6.10 Å². The summed E-state index contributed by atoms with van der Waals surface area (Å²) in [5.74, 6) is 2.93. The van der Waals surface area contributed by atoms with E-state index in [0.29, 0.717) is 12.1 Å². The van der Waals surface area contributed by atoms with E-state index in [1.807, 2.05) is 20.0 Å². The number of ether oxygens (including phenoxy) is 1. The number of aromatic nitrogens is 2. The number of nitrogens with zero attached hydrogens (tertiary/aromatic N) is 2. The second-order valence-corrected chi connectivity index (χ2v) is 5.72. The Balaban J connectivity index is 2.04. The molecule has 0 saturated heterocycles. The van der Waals surface area contributed by atoms with Gasteiger partial charge in [0.2, 0.25) is 11.8 Å². The zero-order valence-corrected chi connectivity index (χ0v) is 12.4. The molecule has 4 heteroatoms. The van der Waals surface area contributed by atoms with Crippen LogP contribution in [0.1, 0.15) is 45.6 Å². The third-order valence-electron chi connectivity index (χ3n) is 4.09. The topological polar surface area (TPSA) is 47.0 Å². The van der Waals surface area contributed by atoms with E-state index >= 15 is 0 Å². The van der Waals surface area contributed by atoms with E-state index in [0.717, 1.165) is 42.7 Å². The molecule has 0 bridgehead atoms. The lowest BCUT2D eigenvalue weighted by Gasteiger charge is -2.32. The third kappa shape index (κ3) is 3.58. The van der Waals surface area contributed by atoms with Gasteiger partial charge in [-0.1, -0.05) is 13.8 Å². The highest BCUT2D eigenvalue weighted by atomic mass is 16.5. The largest absolute Gasteiger partial charge is 0.474 e. The van der Waals surface area contributed by atoms with E-state index in [1.165, 1.54) is 6.42 Å². The Morgan fingerprint density at radius 3 is 2.79 bits per heavy atom. The van der Waals surface area contributed by atoms with Crippen LogP contribution < -0.4 is 10.1 Å². The smallest absolute Gasteiger partial charge is 0.225 e. The maximum absolute atomic E-state index is 6.10. The summed E-state index contributed by atoms with van der Waals surface area (Å²) >= 11 is 0. The molecule has 106 valence electrons. The number of hydrogen-bond acceptors (Lipinski definition) is 4. The second-order valence-electron chi connectivity index (χ2n) is 5.72. The molecule has 1 saturated carbocycles. The van der Waals surface area contributed by atoms with Gasteiger partial charge in [0.05, 0.1) is 0 Å². The first-order chi connectivity index (χ1) is 9.10. The molecule has 1 aromatic rings. The van der Waals surface area contributed by atoms with Crippen LogP contribution in [0.2, 0.25) is 0 Å². The molecule has 4 nitrogen and oxygen atoms in total. The lowest BCUT2D eigenvalue weighted by Crippen LogP contribution is -2.29. The van der Waals surface area contributed by atoms with Crippen LogP contribution >= 0.6 is 0 Å². The quantitative estimate of drug-likeness (QED) is 0.904. The van der Waals surface area contributed by atoms with Crippen molar-refractivity contribution < 1.29 is 4.74 Å². The Bertz CT molecular complexity index is 422. The zero-order chi connectivity index (χ0) is 13.8. The molecule has 3 unspecified atom stereocenters. The van der Waals surface area contributed by atoms with Gasteiger partial charge in [0, 0.05) is 18.3 Å². The van der Waals surface area contributed by atoms with E-state index in [4.69, 9.17) is 4.74 Å². The molecule has 0 aliphatic heterocycles. The average molecular weight is 263 g/mol. The van der Waals surface area contributed by atoms with Crippen molar-refractivity contribution in [1.29, 1.82) is 0 Å². The number of anilines is 1. The highest BCUT2D eigenvalue weighted by Gasteiger charge is 2.26. The van der Waals surface area contributed by atoms with Gasteiger partial charge in [-0.25, -0.2) is 4.98 Å². The van der Waals surface area contributed by atoms with Gasteiger partial charge in [-0.15, -0.1) is 0 Å². The third-order valence-corrected chi connectivity index (χ3v) is 4.09. The summed E-state index contributed by atoms with van der Waals surface area (Å²) in [6, 6.07) is 0. The van der Waals surface area contributed by atoms with Crippen molar-refractivity contribution >= 4 is 5.95 Å². The minimum Gasteiger partial charge on any atom is -0.474 e. The summed E-state index contributed by atoms with van der Waals surface area (Å²) in [5, 5.41) is 3.13. The van der Waals surface area contributed by atoms with Gasteiger partial charge in [-0.3, -0.25) is 0 Å². The number of aryl methyl sites for hydroxylation is 1. The minimum absolute atomic E-state index is 0.300. The monoisotopic (exact) mass is 263 g/mol. The first-order valence-corrected chi connectivity index (χ1v) is 7.34. The van der Waals surface area contributed by atoms with Crippen molar-refractivity contribution in [1.82, 2.24) is 9.97 Å². The fourth-order valence-electron chi connectivity index (χ4n) is 2.55. The maximum atomic E-state index is 6.10. The fourth-order valence-corrected chi connectivity index (χ4v) is 2.55. The van der Waals surface area contributed by atoms with Crippen LogP contribution in [-0.2, 0) is 0 Å². The van der Waals surface area contributed by atoms with Gasteiger partial charge < -0.3 is 10.1 Å². The molecule has 1 aliphatic carbocycles. The number of nitrogens with one attached hydrogen (secondary N) is 1. The van der Waals surface area contributed by atoms with Crippen molar-refractivity contribution in [3.05, 3.63) is 11.8 Å². The summed E-state index contributed by atoms with van der Waals surface area (Å²) in [7, 11) is 0. The zero-order valence-electron chi connectivity index (χ0n) is 12.4. The summed E-state index contributed by atoms with van der Waals surface area (Å²) in [6.07, 6.45) is 5.63. The van der Waals surface area contributed by atoms with Gasteiger partial charge in [-0.2, -0.15) is 4.98 Å². The summed E-state index contributed by atoms with van der Waals surface area (Å²) in [6.45, 7) is 9.51. The molecule has 0 aromatic carbocycles. The molecule has 1 N–H and O–H groups in total. The molecule has 1 heterocycles. The maximum Gasteiger partial charge on any atom is 0.225 e. The molecule has 1 aromatic heterocycles. The van der Waals surface area contributed by atoms with Crippen LogP contribution in [0.15, 0.2) is 6.20 Å². The van der Waals surface area contributed by atoms with Crippen LogP contribution in [0.4, 0.5) is 5.95 Å². The Morgan fingerprint density at radius 1 is 1.32 bits per heavy atom. The summed E-state index contributed by atoms with van der Waals surface area (Å²) in [4.78, 5) is 8.70. The van der Waals surface area contributed by atoms with Crippen LogP contribution in [0.3, 0.4) is 0 Å². The first kappa shape index (κ1) is 14.1. The van der Waals surface area contributed by atoms with E-state index in [2.05, 4.69) is 29.1 Å². The molecule has 19 heavy (non-hydrogen) atoms. The first-order valence-electron chi connectivity index (χ1n) is 7.34. The van der Waals surface area contributed by atoms with Crippen molar-refractivity contribution in [2.45, 2.75) is 53.1 Å². The molecule has 0 amide bonds. The normalized spacial score (nSPS) is 27.1. The predicted octanol–water partition coefficient (Wildman–Crippen LogP) is 3.42. The van der Waals surface area contributed by atoms with Crippen molar-refractivity contribution in [2.24, 2.45) is 11.8 Å². The second kappa shape index (κ2) is 6.22.